The van der Waals surface area contributed by atoms with E-state index in [1.807, 2.05) is 13.1 Å². The van der Waals surface area contributed by atoms with E-state index in [2.05, 4.69) is 48.0 Å². The van der Waals surface area contributed by atoms with E-state index in [0.29, 0.717) is 6.04 Å². The second-order valence-corrected chi connectivity index (χ2v) is 4.81. The molecule has 1 N–H and O–H groups in total. The number of aryl methyl sites for hydroxylation is 1. The minimum absolute atomic E-state index is 0.490. The number of hydrogen-bond acceptors (Lipinski definition) is 4. The van der Waals surface area contributed by atoms with E-state index < -0.39 is 0 Å². The first-order valence-electron chi connectivity index (χ1n) is 6.86. The fourth-order valence-corrected chi connectivity index (χ4v) is 1.80. The Morgan fingerprint density at radius 1 is 1.39 bits per heavy atom. The molecule has 0 aliphatic carbocycles. The average molecular weight is 250 g/mol. The molecule has 1 unspecified atom stereocenters. The van der Waals surface area contributed by atoms with Gasteiger partial charge in [0.25, 0.3) is 0 Å². The molecule has 0 amide bonds. The molecule has 102 valence electrons. The topological polar surface area (TPSA) is 41.1 Å². The Labute approximate surface area is 111 Å². The van der Waals surface area contributed by atoms with Gasteiger partial charge in [-0.05, 0) is 33.2 Å². The van der Waals surface area contributed by atoms with Crippen LogP contribution in [0.3, 0.4) is 0 Å². The fourth-order valence-electron chi connectivity index (χ4n) is 1.80. The minimum Gasteiger partial charge on any atom is -0.357 e. The predicted octanol–water partition coefficient (Wildman–Crippen LogP) is 2.52. The molecular formula is C14H26N4. The van der Waals surface area contributed by atoms with Crippen molar-refractivity contribution in [3.63, 3.8) is 0 Å². The van der Waals surface area contributed by atoms with Crippen LogP contribution in [0, 0.1) is 6.92 Å². The van der Waals surface area contributed by atoms with Crippen molar-refractivity contribution >= 4 is 5.82 Å². The fraction of sp³-hybridized carbons (Fsp3) is 0.714. The van der Waals surface area contributed by atoms with Gasteiger partial charge in [0.2, 0.25) is 0 Å². The van der Waals surface area contributed by atoms with Crippen LogP contribution < -0.4 is 10.2 Å². The van der Waals surface area contributed by atoms with Crippen molar-refractivity contribution in [2.75, 3.05) is 18.5 Å². The maximum atomic E-state index is 4.60. The second kappa shape index (κ2) is 7.31. The summed E-state index contributed by atoms with van der Waals surface area (Å²) in [6.45, 7) is 10.4. The number of aromatic nitrogens is 2. The number of nitrogens with one attached hydrogen (secondary N) is 1. The number of anilines is 1. The van der Waals surface area contributed by atoms with E-state index >= 15 is 0 Å². The molecule has 4 heteroatoms. The summed E-state index contributed by atoms with van der Waals surface area (Å²) in [5.74, 6) is 1.89. The van der Waals surface area contributed by atoms with Gasteiger partial charge in [-0.3, -0.25) is 0 Å². The zero-order valence-electron chi connectivity index (χ0n) is 12.3. The monoisotopic (exact) mass is 250 g/mol. The Balaban J connectivity index is 2.88. The molecule has 0 saturated carbocycles. The summed E-state index contributed by atoms with van der Waals surface area (Å²) in [5.41, 5.74) is 1.18. The normalized spacial score (nSPS) is 12.5. The second-order valence-electron chi connectivity index (χ2n) is 4.81. The SMILES string of the molecule is CCCNCc1cnc(C)nc1N(C)C(C)CC. The lowest BCUT2D eigenvalue weighted by atomic mass is 10.2. The summed E-state index contributed by atoms with van der Waals surface area (Å²) >= 11 is 0. The van der Waals surface area contributed by atoms with Crippen LogP contribution in [0.5, 0.6) is 0 Å². The van der Waals surface area contributed by atoms with E-state index in [4.69, 9.17) is 0 Å². The standard InChI is InChI=1S/C14H26N4/c1-6-8-15-9-13-10-16-12(4)17-14(13)18(5)11(3)7-2/h10-11,15H,6-9H2,1-5H3. The molecule has 1 atom stereocenters. The van der Waals surface area contributed by atoms with Crippen LogP contribution in [-0.2, 0) is 6.54 Å². The molecule has 4 nitrogen and oxygen atoms in total. The Hall–Kier alpha value is -1.16. The highest BCUT2D eigenvalue weighted by Gasteiger charge is 2.14. The lowest BCUT2D eigenvalue weighted by Gasteiger charge is -2.27. The van der Waals surface area contributed by atoms with Gasteiger partial charge in [0.1, 0.15) is 11.6 Å². The van der Waals surface area contributed by atoms with Gasteiger partial charge < -0.3 is 10.2 Å². The number of hydrogen-bond donors (Lipinski definition) is 1. The summed E-state index contributed by atoms with van der Waals surface area (Å²) in [6, 6.07) is 0.490. The van der Waals surface area contributed by atoms with Crippen LogP contribution in [0.15, 0.2) is 6.20 Å². The van der Waals surface area contributed by atoms with Gasteiger partial charge in [0.15, 0.2) is 0 Å². The maximum Gasteiger partial charge on any atom is 0.136 e. The summed E-state index contributed by atoms with van der Waals surface area (Å²) in [6.07, 6.45) is 4.20. The molecule has 0 aliphatic heterocycles. The van der Waals surface area contributed by atoms with E-state index in [-0.39, 0.29) is 0 Å². The summed E-state index contributed by atoms with van der Waals surface area (Å²) in [4.78, 5) is 11.2. The molecule has 0 spiro atoms. The highest BCUT2D eigenvalue weighted by Crippen LogP contribution is 2.19. The minimum atomic E-state index is 0.490. The van der Waals surface area contributed by atoms with E-state index in [0.717, 1.165) is 37.6 Å². The molecule has 18 heavy (non-hydrogen) atoms. The van der Waals surface area contributed by atoms with Crippen LogP contribution in [0.4, 0.5) is 5.82 Å². The quantitative estimate of drug-likeness (QED) is 0.755. The molecule has 1 rings (SSSR count). The molecule has 0 aromatic carbocycles. The van der Waals surface area contributed by atoms with Crippen molar-refractivity contribution in [2.24, 2.45) is 0 Å². The first kappa shape index (κ1) is 14.9. The third kappa shape index (κ3) is 3.95. The lowest BCUT2D eigenvalue weighted by molar-refractivity contribution is 0.636. The molecule has 1 aromatic rings. The summed E-state index contributed by atoms with van der Waals surface area (Å²) in [5, 5.41) is 3.42. The number of rotatable bonds is 7. The first-order valence-corrected chi connectivity index (χ1v) is 6.86. The zero-order valence-corrected chi connectivity index (χ0v) is 12.3. The molecule has 1 heterocycles. The Morgan fingerprint density at radius 3 is 2.72 bits per heavy atom. The van der Waals surface area contributed by atoms with Gasteiger partial charge >= 0.3 is 0 Å². The van der Waals surface area contributed by atoms with Crippen LogP contribution in [-0.4, -0.2) is 29.6 Å². The molecule has 0 radical (unpaired) electrons. The molecule has 0 fully saturated rings. The lowest BCUT2D eigenvalue weighted by Crippen LogP contribution is -2.31. The van der Waals surface area contributed by atoms with E-state index in [1.165, 1.54) is 5.56 Å². The molecule has 0 aliphatic rings. The predicted molar refractivity (Wildman–Crippen MR) is 76.9 cm³/mol. The van der Waals surface area contributed by atoms with Gasteiger partial charge in [-0.25, -0.2) is 9.97 Å². The van der Waals surface area contributed by atoms with Crippen LogP contribution in [0.1, 0.15) is 45.0 Å². The van der Waals surface area contributed by atoms with E-state index in [1.54, 1.807) is 0 Å². The molecular weight excluding hydrogens is 224 g/mol. The summed E-state index contributed by atoms with van der Waals surface area (Å²) < 4.78 is 0. The highest BCUT2D eigenvalue weighted by atomic mass is 15.2. The zero-order chi connectivity index (χ0) is 13.5. The molecule has 0 bridgehead atoms. The van der Waals surface area contributed by atoms with Crippen LogP contribution in [0.25, 0.3) is 0 Å². The molecule has 0 saturated heterocycles. The number of nitrogens with zero attached hydrogens (tertiary/aromatic N) is 3. The van der Waals surface area contributed by atoms with E-state index in [9.17, 15) is 0 Å². The van der Waals surface area contributed by atoms with Crippen molar-refractivity contribution in [1.29, 1.82) is 0 Å². The highest BCUT2D eigenvalue weighted by molar-refractivity contribution is 5.46. The van der Waals surface area contributed by atoms with Crippen molar-refractivity contribution < 1.29 is 0 Å². The largest absolute Gasteiger partial charge is 0.357 e. The van der Waals surface area contributed by atoms with Gasteiger partial charge in [-0.1, -0.05) is 13.8 Å². The third-order valence-electron chi connectivity index (χ3n) is 3.29. The third-order valence-corrected chi connectivity index (χ3v) is 3.29. The summed E-state index contributed by atoms with van der Waals surface area (Å²) in [7, 11) is 2.11. The van der Waals surface area contributed by atoms with Crippen molar-refractivity contribution in [1.82, 2.24) is 15.3 Å². The Morgan fingerprint density at radius 2 is 2.11 bits per heavy atom. The van der Waals surface area contributed by atoms with Gasteiger partial charge in [-0.15, -0.1) is 0 Å². The maximum absolute atomic E-state index is 4.60. The van der Waals surface area contributed by atoms with Crippen LogP contribution in [0.2, 0.25) is 0 Å². The average Bonchev–Trinajstić information content (AvgIpc) is 2.38. The van der Waals surface area contributed by atoms with Gasteiger partial charge in [-0.2, -0.15) is 0 Å². The van der Waals surface area contributed by atoms with Crippen molar-refractivity contribution in [3.05, 3.63) is 17.6 Å². The smallest absolute Gasteiger partial charge is 0.136 e. The molecule has 1 aromatic heterocycles. The van der Waals surface area contributed by atoms with Crippen LogP contribution >= 0.6 is 0 Å². The van der Waals surface area contributed by atoms with Crippen molar-refractivity contribution in [2.45, 2.75) is 53.1 Å². The Kier molecular flexibility index (Phi) is 6.05. The van der Waals surface area contributed by atoms with Gasteiger partial charge in [0, 0.05) is 31.4 Å². The Bertz CT molecular complexity index is 365. The van der Waals surface area contributed by atoms with Gasteiger partial charge in [0.05, 0.1) is 0 Å². The van der Waals surface area contributed by atoms with Crippen molar-refractivity contribution in [3.8, 4) is 0 Å². The first-order chi connectivity index (χ1) is 8.60.